The molecule has 1 aliphatic carbocycles. The van der Waals surface area contributed by atoms with Crippen LogP contribution in [0.15, 0.2) is 12.1 Å². The molecule has 16 heavy (non-hydrogen) atoms. The van der Waals surface area contributed by atoms with Gasteiger partial charge in [0.25, 0.3) is 0 Å². The quantitative estimate of drug-likeness (QED) is 0.755. The van der Waals surface area contributed by atoms with Crippen molar-refractivity contribution in [2.24, 2.45) is 0 Å². The summed E-state index contributed by atoms with van der Waals surface area (Å²) >= 11 is 0. The summed E-state index contributed by atoms with van der Waals surface area (Å²) in [6, 6.07) is 4.14. The van der Waals surface area contributed by atoms with E-state index in [-0.39, 0.29) is 6.42 Å². The van der Waals surface area contributed by atoms with Crippen molar-refractivity contribution in [3.63, 3.8) is 0 Å². The average molecular weight is 219 g/mol. The van der Waals surface area contributed by atoms with Crippen molar-refractivity contribution < 1.29 is 14.6 Å². The van der Waals surface area contributed by atoms with Crippen LogP contribution in [0.1, 0.15) is 29.5 Å². The lowest BCUT2D eigenvalue weighted by atomic mass is 10.0. The standard InChI is InChI=1S/C13H16O3/c1-16-12-8-10-4-2-3-9(10)7-11(12)5-6-13(14)15/h7-8H,2-6H2,1H3,(H,14,15)/p-1. The molecule has 0 unspecified atom stereocenters. The third-order valence-corrected chi connectivity index (χ3v) is 3.09. The molecular weight excluding hydrogens is 204 g/mol. The van der Waals surface area contributed by atoms with Gasteiger partial charge in [0, 0.05) is 5.97 Å². The number of aryl methyl sites for hydroxylation is 3. The van der Waals surface area contributed by atoms with E-state index in [0.29, 0.717) is 6.42 Å². The molecule has 1 aliphatic rings. The van der Waals surface area contributed by atoms with Crippen molar-refractivity contribution in [2.75, 3.05) is 7.11 Å². The van der Waals surface area contributed by atoms with E-state index in [4.69, 9.17) is 4.74 Å². The third-order valence-electron chi connectivity index (χ3n) is 3.09. The molecule has 3 nitrogen and oxygen atoms in total. The van der Waals surface area contributed by atoms with Gasteiger partial charge in [-0.15, -0.1) is 0 Å². The Morgan fingerprint density at radius 1 is 1.38 bits per heavy atom. The van der Waals surface area contributed by atoms with E-state index in [1.807, 2.05) is 6.07 Å². The fourth-order valence-electron chi connectivity index (χ4n) is 2.27. The number of methoxy groups -OCH3 is 1. The maximum Gasteiger partial charge on any atom is 0.122 e. The molecule has 0 atom stereocenters. The zero-order chi connectivity index (χ0) is 11.5. The van der Waals surface area contributed by atoms with Crippen molar-refractivity contribution in [3.05, 3.63) is 28.8 Å². The van der Waals surface area contributed by atoms with Crippen molar-refractivity contribution in [1.82, 2.24) is 0 Å². The smallest absolute Gasteiger partial charge is 0.122 e. The molecule has 0 aromatic heterocycles. The number of hydrogen-bond acceptors (Lipinski definition) is 3. The first kappa shape index (κ1) is 11.0. The zero-order valence-corrected chi connectivity index (χ0v) is 9.41. The normalized spacial score (nSPS) is 13.6. The summed E-state index contributed by atoms with van der Waals surface area (Å²) < 4.78 is 5.29. The van der Waals surface area contributed by atoms with Gasteiger partial charge in [0.1, 0.15) is 5.75 Å². The molecule has 3 heteroatoms. The summed E-state index contributed by atoms with van der Waals surface area (Å²) in [6.45, 7) is 0. The number of rotatable bonds is 4. The van der Waals surface area contributed by atoms with Gasteiger partial charge in [0.2, 0.25) is 0 Å². The van der Waals surface area contributed by atoms with Crippen LogP contribution in [0.2, 0.25) is 0 Å². The second-order valence-corrected chi connectivity index (χ2v) is 4.16. The lowest BCUT2D eigenvalue weighted by Crippen LogP contribution is -2.22. The Balaban J connectivity index is 2.25. The predicted molar refractivity (Wildman–Crippen MR) is 58.3 cm³/mol. The highest BCUT2D eigenvalue weighted by Crippen LogP contribution is 2.30. The molecular formula is C13H15O3-. The number of ether oxygens (including phenoxy) is 1. The van der Waals surface area contributed by atoms with Crippen LogP contribution in [-0.2, 0) is 24.1 Å². The van der Waals surface area contributed by atoms with E-state index >= 15 is 0 Å². The van der Waals surface area contributed by atoms with Gasteiger partial charge in [-0.05, 0) is 54.9 Å². The second kappa shape index (κ2) is 4.56. The minimum Gasteiger partial charge on any atom is -0.550 e. The Labute approximate surface area is 95.0 Å². The summed E-state index contributed by atoms with van der Waals surface area (Å²) in [6.07, 6.45) is 3.92. The lowest BCUT2D eigenvalue weighted by molar-refractivity contribution is -0.305. The minimum atomic E-state index is -1.01. The topological polar surface area (TPSA) is 49.4 Å². The van der Waals surface area contributed by atoms with E-state index in [0.717, 1.165) is 24.2 Å². The van der Waals surface area contributed by atoms with Crippen LogP contribution in [0, 0.1) is 0 Å². The summed E-state index contributed by atoms with van der Waals surface area (Å²) in [4.78, 5) is 10.5. The van der Waals surface area contributed by atoms with Gasteiger partial charge in [0.05, 0.1) is 7.11 Å². The maximum absolute atomic E-state index is 10.5. The molecule has 86 valence electrons. The fourth-order valence-corrected chi connectivity index (χ4v) is 2.27. The number of benzene rings is 1. The number of carbonyl (C=O) groups is 1. The van der Waals surface area contributed by atoms with Crippen LogP contribution in [0.3, 0.4) is 0 Å². The van der Waals surface area contributed by atoms with Crippen LogP contribution in [-0.4, -0.2) is 13.1 Å². The van der Waals surface area contributed by atoms with Gasteiger partial charge in [-0.2, -0.15) is 0 Å². The lowest BCUT2D eigenvalue weighted by Gasteiger charge is -2.11. The third kappa shape index (κ3) is 2.18. The van der Waals surface area contributed by atoms with Gasteiger partial charge in [-0.25, -0.2) is 0 Å². The first-order valence-electron chi connectivity index (χ1n) is 5.59. The van der Waals surface area contributed by atoms with Gasteiger partial charge in [0.15, 0.2) is 0 Å². The molecule has 1 aromatic rings. The molecule has 0 saturated carbocycles. The van der Waals surface area contributed by atoms with Crippen molar-refractivity contribution in [1.29, 1.82) is 0 Å². The molecule has 0 radical (unpaired) electrons. The summed E-state index contributed by atoms with van der Waals surface area (Å²) in [5, 5.41) is 10.5. The Hall–Kier alpha value is -1.51. The van der Waals surface area contributed by atoms with E-state index in [2.05, 4.69) is 6.07 Å². The number of fused-ring (bicyclic) bond motifs is 1. The molecule has 1 aromatic carbocycles. The van der Waals surface area contributed by atoms with Crippen molar-refractivity contribution in [3.8, 4) is 5.75 Å². The zero-order valence-electron chi connectivity index (χ0n) is 9.41. The average Bonchev–Trinajstić information content (AvgIpc) is 2.71. The number of carboxylic acids is 1. The monoisotopic (exact) mass is 219 g/mol. The Bertz CT molecular complexity index is 410. The highest BCUT2D eigenvalue weighted by Gasteiger charge is 2.14. The van der Waals surface area contributed by atoms with Crippen molar-refractivity contribution >= 4 is 5.97 Å². The van der Waals surface area contributed by atoms with Gasteiger partial charge in [-0.3, -0.25) is 0 Å². The summed E-state index contributed by atoms with van der Waals surface area (Å²) in [5.74, 6) is -0.204. The van der Waals surface area contributed by atoms with Crippen LogP contribution in [0.4, 0.5) is 0 Å². The number of hydrogen-bond donors (Lipinski definition) is 0. The molecule has 0 bridgehead atoms. The predicted octanol–water partition coefficient (Wildman–Crippen LogP) is 0.866. The molecule has 0 N–H and O–H groups in total. The van der Waals surface area contributed by atoms with Crippen LogP contribution < -0.4 is 9.84 Å². The first-order valence-corrected chi connectivity index (χ1v) is 5.59. The second-order valence-electron chi connectivity index (χ2n) is 4.16. The Morgan fingerprint density at radius 2 is 2.06 bits per heavy atom. The largest absolute Gasteiger partial charge is 0.550 e. The van der Waals surface area contributed by atoms with Gasteiger partial charge in [-0.1, -0.05) is 6.07 Å². The Kier molecular flexibility index (Phi) is 3.13. The van der Waals surface area contributed by atoms with Gasteiger partial charge >= 0.3 is 0 Å². The molecule has 0 spiro atoms. The van der Waals surface area contributed by atoms with E-state index in [9.17, 15) is 9.90 Å². The van der Waals surface area contributed by atoms with Crippen LogP contribution >= 0.6 is 0 Å². The fraction of sp³-hybridized carbons (Fsp3) is 0.462. The number of carbonyl (C=O) groups excluding carboxylic acids is 1. The molecule has 0 fully saturated rings. The first-order chi connectivity index (χ1) is 7.70. The van der Waals surface area contributed by atoms with E-state index < -0.39 is 5.97 Å². The Morgan fingerprint density at radius 3 is 2.69 bits per heavy atom. The summed E-state index contributed by atoms with van der Waals surface area (Å²) in [7, 11) is 1.62. The molecule has 0 aliphatic heterocycles. The maximum atomic E-state index is 10.5. The van der Waals surface area contributed by atoms with Crippen molar-refractivity contribution in [2.45, 2.75) is 32.1 Å². The van der Waals surface area contributed by atoms with Crippen LogP contribution in [0.25, 0.3) is 0 Å². The summed E-state index contributed by atoms with van der Waals surface area (Å²) in [5.41, 5.74) is 3.66. The highest BCUT2D eigenvalue weighted by atomic mass is 16.5. The van der Waals surface area contributed by atoms with Crippen LogP contribution in [0.5, 0.6) is 5.75 Å². The molecule has 0 heterocycles. The SMILES string of the molecule is COc1cc2c(cc1CCC(=O)[O-])CCC2. The number of aliphatic carboxylic acids is 1. The highest BCUT2D eigenvalue weighted by molar-refractivity contribution is 5.65. The van der Waals surface area contributed by atoms with E-state index in [1.54, 1.807) is 7.11 Å². The molecule has 0 saturated heterocycles. The minimum absolute atomic E-state index is 0.0507. The number of carboxylic acid groups (broad SMARTS) is 1. The van der Waals surface area contributed by atoms with Gasteiger partial charge < -0.3 is 14.6 Å². The molecule has 0 amide bonds. The van der Waals surface area contributed by atoms with E-state index in [1.165, 1.54) is 17.5 Å². The molecule has 2 rings (SSSR count).